The van der Waals surface area contributed by atoms with Gasteiger partial charge in [0.15, 0.2) is 0 Å². The van der Waals surface area contributed by atoms with Crippen molar-refractivity contribution in [3.8, 4) is 0 Å². The minimum absolute atomic E-state index is 0.187. The molecule has 0 aromatic carbocycles. The zero-order valence-corrected chi connectivity index (χ0v) is 12.2. The van der Waals surface area contributed by atoms with Crippen molar-refractivity contribution >= 4 is 0 Å². The molecule has 0 bridgehead atoms. The van der Waals surface area contributed by atoms with Gasteiger partial charge in [0.2, 0.25) is 0 Å². The molecular formula is C16H26N2. The van der Waals surface area contributed by atoms with Crippen LogP contribution in [0.2, 0.25) is 0 Å². The number of aromatic nitrogens is 1. The Balaban J connectivity index is 2.11. The molecule has 100 valence electrons. The Bertz CT molecular complexity index is 372. The first-order valence-corrected chi connectivity index (χ1v) is 7.11. The van der Waals surface area contributed by atoms with Gasteiger partial charge in [0.25, 0.3) is 0 Å². The van der Waals surface area contributed by atoms with Gasteiger partial charge < -0.3 is 5.32 Å². The van der Waals surface area contributed by atoms with E-state index in [4.69, 9.17) is 0 Å². The molecule has 18 heavy (non-hydrogen) atoms. The van der Waals surface area contributed by atoms with Crippen LogP contribution in [0.5, 0.6) is 0 Å². The minimum atomic E-state index is 0.187. The van der Waals surface area contributed by atoms with E-state index in [0.29, 0.717) is 5.41 Å². The number of nitrogens with zero attached hydrogens (tertiary/aromatic N) is 1. The molecule has 1 aliphatic rings. The Morgan fingerprint density at radius 2 is 2.11 bits per heavy atom. The summed E-state index contributed by atoms with van der Waals surface area (Å²) in [4.78, 5) is 4.30. The van der Waals surface area contributed by atoms with Gasteiger partial charge in [-0.2, -0.15) is 0 Å². The third-order valence-corrected chi connectivity index (χ3v) is 4.17. The Labute approximate surface area is 111 Å². The molecule has 1 aliphatic carbocycles. The molecule has 0 saturated heterocycles. The van der Waals surface area contributed by atoms with Crippen molar-refractivity contribution in [2.24, 2.45) is 5.92 Å². The number of hydrogen-bond donors (Lipinski definition) is 1. The van der Waals surface area contributed by atoms with Gasteiger partial charge in [0.1, 0.15) is 0 Å². The molecule has 0 radical (unpaired) electrons. The highest BCUT2D eigenvalue weighted by molar-refractivity contribution is 5.27. The smallest absolute Gasteiger partial charge is 0.0306 e. The zero-order chi connectivity index (χ0) is 13.2. The van der Waals surface area contributed by atoms with E-state index < -0.39 is 0 Å². The van der Waals surface area contributed by atoms with E-state index in [9.17, 15) is 0 Å². The average Bonchev–Trinajstić information content (AvgIpc) is 2.28. The van der Waals surface area contributed by atoms with Gasteiger partial charge in [-0.15, -0.1) is 0 Å². The van der Waals surface area contributed by atoms with Gasteiger partial charge in [-0.3, -0.25) is 4.98 Å². The lowest BCUT2D eigenvalue weighted by Crippen LogP contribution is -2.52. The van der Waals surface area contributed by atoms with Crippen LogP contribution in [-0.2, 0) is 5.41 Å². The lowest BCUT2D eigenvalue weighted by molar-refractivity contribution is 0.124. The Morgan fingerprint density at radius 3 is 2.61 bits per heavy atom. The summed E-state index contributed by atoms with van der Waals surface area (Å²) in [6.45, 7) is 10.1. The van der Waals surface area contributed by atoms with Crippen LogP contribution in [0.3, 0.4) is 0 Å². The van der Waals surface area contributed by atoms with Gasteiger partial charge in [0, 0.05) is 29.9 Å². The fourth-order valence-corrected chi connectivity index (χ4v) is 2.93. The fourth-order valence-electron chi connectivity index (χ4n) is 2.93. The van der Waals surface area contributed by atoms with Crippen molar-refractivity contribution in [3.05, 3.63) is 30.1 Å². The predicted octanol–water partition coefficient (Wildman–Crippen LogP) is 3.53. The fraction of sp³-hybridized carbons (Fsp3) is 0.688. The van der Waals surface area contributed by atoms with Crippen molar-refractivity contribution in [1.82, 2.24) is 10.3 Å². The van der Waals surface area contributed by atoms with Crippen LogP contribution < -0.4 is 5.32 Å². The maximum absolute atomic E-state index is 4.30. The number of pyridine rings is 1. The van der Waals surface area contributed by atoms with Crippen molar-refractivity contribution < 1.29 is 0 Å². The molecule has 1 aromatic heterocycles. The standard InChI is InChI=1S/C16H26N2/c1-5-13-9-16(10-13,12-18-15(2,3)4)14-7-6-8-17-11-14/h6-8,11,13,18H,5,9-10,12H2,1-4H3. The van der Waals surface area contributed by atoms with Crippen molar-refractivity contribution in [3.63, 3.8) is 0 Å². The molecule has 0 aliphatic heterocycles. The molecule has 1 aromatic rings. The van der Waals surface area contributed by atoms with Crippen molar-refractivity contribution in [2.45, 2.75) is 57.9 Å². The molecule has 2 nitrogen and oxygen atoms in total. The van der Waals surface area contributed by atoms with Crippen molar-refractivity contribution in [2.75, 3.05) is 6.54 Å². The van der Waals surface area contributed by atoms with Crippen LogP contribution in [0.15, 0.2) is 24.5 Å². The normalized spacial score (nSPS) is 27.9. The summed E-state index contributed by atoms with van der Waals surface area (Å²) in [7, 11) is 0. The summed E-state index contributed by atoms with van der Waals surface area (Å²) in [5.41, 5.74) is 1.92. The summed E-state index contributed by atoms with van der Waals surface area (Å²) >= 11 is 0. The van der Waals surface area contributed by atoms with Gasteiger partial charge >= 0.3 is 0 Å². The van der Waals surface area contributed by atoms with E-state index in [-0.39, 0.29) is 5.54 Å². The highest BCUT2D eigenvalue weighted by Gasteiger charge is 2.44. The van der Waals surface area contributed by atoms with Crippen LogP contribution in [0, 0.1) is 5.92 Å². The quantitative estimate of drug-likeness (QED) is 0.879. The number of hydrogen-bond acceptors (Lipinski definition) is 2. The van der Waals surface area contributed by atoms with Gasteiger partial charge in [-0.25, -0.2) is 0 Å². The van der Waals surface area contributed by atoms with E-state index >= 15 is 0 Å². The Hall–Kier alpha value is -0.890. The van der Waals surface area contributed by atoms with Crippen LogP contribution >= 0.6 is 0 Å². The maximum atomic E-state index is 4.30. The minimum Gasteiger partial charge on any atom is -0.311 e. The molecule has 2 heteroatoms. The van der Waals surface area contributed by atoms with Crippen LogP contribution in [-0.4, -0.2) is 17.1 Å². The van der Waals surface area contributed by atoms with Crippen molar-refractivity contribution in [1.29, 1.82) is 0 Å². The van der Waals surface area contributed by atoms with E-state index in [2.05, 4.69) is 56.3 Å². The first-order chi connectivity index (χ1) is 8.45. The maximum Gasteiger partial charge on any atom is 0.0306 e. The van der Waals surface area contributed by atoms with Gasteiger partial charge in [-0.05, 0) is 51.2 Å². The van der Waals surface area contributed by atoms with Crippen LogP contribution in [0.25, 0.3) is 0 Å². The molecule has 0 spiro atoms. The monoisotopic (exact) mass is 246 g/mol. The molecule has 1 saturated carbocycles. The number of nitrogens with one attached hydrogen (secondary N) is 1. The number of rotatable bonds is 4. The molecule has 0 unspecified atom stereocenters. The summed E-state index contributed by atoms with van der Waals surface area (Å²) in [5.74, 6) is 0.895. The Morgan fingerprint density at radius 1 is 1.39 bits per heavy atom. The molecular weight excluding hydrogens is 220 g/mol. The SMILES string of the molecule is CCC1CC(CNC(C)(C)C)(c2cccnc2)C1. The Kier molecular flexibility index (Phi) is 3.76. The third-order valence-electron chi connectivity index (χ3n) is 4.17. The third kappa shape index (κ3) is 2.92. The second-order valence-electron chi connectivity index (χ2n) is 6.81. The van der Waals surface area contributed by atoms with Gasteiger partial charge in [0.05, 0.1) is 0 Å². The highest BCUT2D eigenvalue weighted by atomic mass is 15.0. The van der Waals surface area contributed by atoms with Crippen LogP contribution in [0.4, 0.5) is 0 Å². The molecule has 1 heterocycles. The first-order valence-electron chi connectivity index (χ1n) is 7.11. The zero-order valence-electron chi connectivity index (χ0n) is 12.2. The largest absolute Gasteiger partial charge is 0.311 e. The summed E-state index contributed by atoms with van der Waals surface area (Å²) in [6, 6.07) is 4.30. The molecule has 1 fully saturated rings. The van der Waals surface area contributed by atoms with E-state index in [1.165, 1.54) is 24.8 Å². The highest BCUT2D eigenvalue weighted by Crippen LogP contribution is 2.48. The lowest BCUT2D eigenvalue weighted by atomic mass is 9.58. The lowest BCUT2D eigenvalue weighted by Gasteiger charge is -2.49. The van der Waals surface area contributed by atoms with E-state index in [1.54, 1.807) is 0 Å². The topological polar surface area (TPSA) is 24.9 Å². The second kappa shape index (κ2) is 5.00. The van der Waals surface area contributed by atoms with E-state index in [1.807, 2.05) is 6.20 Å². The average molecular weight is 246 g/mol. The summed E-state index contributed by atoms with van der Waals surface area (Å²) in [6.07, 6.45) is 7.83. The summed E-state index contributed by atoms with van der Waals surface area (Å²) in [5, 5.41) is 3.68. The first kappa shape index (κ1) is 13.5. The molecule has 1 N–H and O–H groups in total. The molecule has 2 rings (SSSR count). The summed E-state index contributed by atoms with van der Waals surface area (Å²) < 4.78 is 0. The van der Waals surface area contributed by atoms with Crippen LogP contribution in [0.1, 0.15) is 52.5 Å². The molecule has 0 amide bonds. The van der Waals surface area contributed by atoms with E-state index in [0.717, 1.165) is 12.5 Å². The second-order valence-corrected chi connectivity index (χ2v) is 6.81. The van der Waals surface area contributed by atoms with Gasteiger partial charge in [-0.1, -0.05) is 19.4 Å². The predicted molar refractivity (Wildman–Crippen MR) is 76.7 cm³/mol. The molecule has 0 atom stereocenters.